The van der Waals surface area contributed by atoms with E-state index in [1.807, 2.05) is 6.07 Å². The monoisotopic (exact) mass is 276 g/mol. The number of aliphatic hydroxyl groups excluding tert-OH is 1. The van der Waals surface area contributed by atoms with E-state index in [2.05, 4.69) is 5.32 Å². The molecule has 0 aliphatic carbocycles. The molecule has 1 fully saturated rings. The van der Waals surface area contributed by atoms with Crippen LogP contribution in [0.3, 0.4) is 0 Å². The second-order valence-corrected chi connectivity index (χ2v) is 4.98. The molecule has 0 radical (unpaired) electrons. The average Bonchev–Trinajstić information content (AvgIpc) is 2.48. The number of nitrogens with one attached hydrogen (secondary N) is 1. The molecular weight excluding hydrogens is 256 g/mol. The Morgan fingerprint density at radius 2 is 2.00 bits per heavy atom. The molecule has 1 unspecified atom stereocenters. The minimum atomic E-state index is -0.610. The van der Waals surface area contributed by atoms with Crippen molar-refractivity contribution in [2.75, 3.05) is 18.5 Å². The number of aliphatic hydroxyl groups is 1. The van der Waals surface area contributed by atoms with Crippen LogP contribution in [-0.4, -0.2) is 41.0 Å². The molecule has 1 aliphatic heterocycles. The number of carbonyl (C=O) groups is 2. The largest absolute Gasteiger partial charge is 0.396 e. The third-order valence-electron chi connectivity index (χ3n) is 3.58. The van der Waals surface area contributed by atoms with Crippen LogP contribution >= 0.6 is 0 Å². The first-order chi connectivity index (χ1) is 9.72. The van der Waals surface area contributed by atoms with E-state index >= 15 is 0 Å². The molecule has 0 aromatic heterocycles. The van der Waals surface area contributed by atoms with Crippen LogP contribution in [-0.2, 0) is 9.59 Å². The highest BCUT2D eigenvalue weighted by Gasteiger charge is 2.30. The number of nitrogens with zero attached hydrogens (tertiary/aromatic N) is 1. The molecule has 20 heavy (non-hydrogen) atoms. The molecular formula is C15H20N2O3. The van der Waals surface area contributed by atoms with Crippen molar-refractivity contribution >= 4 is 17.5 Å². The number of carbonyl (C=O) groups excluding carboxylic acids is 2. The first kappa shape index (κ1) is 14.5. The maximum Gasteiger partial charge on any atom is 0.313 e. The van der Waals surface area contributed by atoms with Crippen LogP contribution in [0.25, 0.3) is 0 Å². The van der Waals surface area contributed by atoms with Gasteiger partial charge in [0.25, 0.3) is 0 Å². The van der Waals surface area contributed by atoms with E-state index in [9.17, 15) is 9.59 Å². The predicted molar refractivity (Wildman–Crippen MR) is 76.1 cm³/mol. The Kier molecular flexibility index (Phi) is 5.12. The van der Waals surface area contributed by atoms with Crippen LogP contribution in [0.1, 0.15) is 25.7 Å². The summed E-state index contributed by atoms with van der Waals surface area (Å²) in [5, 5.41) is 11.7. The van der Waals surface area contributed by atoms with Gasteiger partial charge in [0.1, 0.15) is 0 Å². The minimum absolute atomic E-state index is 0.0252. The molecule has 0 bridgehead atoms. The van der Waals surface area contributed by atoms with Gasteiger partial charge in [-0.05, 0) is 37.8 Å². The standard InChI is InChI=1S/C15H20N2O3/c18-11-9-13-8-4-5-10-17(13)15(20)14(19)16-12-6-2-1-3-7-12/h1-3,6-7,13,18H,4-5,8-11H2,(H,16,19). The Hall–Kier alpha value is -1.88. The quantitative estimate of drug-likeness (QED) is 0.820. The molecule has 0 spiro atoms. The van der Waals surface area contributed by atoms with Crippen LogP contribution in [0.5, 0.6) is 0 Å². The highest BCUT2D eigenvalue weighted by atomic mass is 16.3. The van der Waals surface area contributed by atoms with Gasteiger partial charge in [-0.2, -0.15) is 0 Å². The molecule has 1 heterocycles. The van der Waals surface area contributed by atoms with Crippen molar-refractivity contribution < 1.29 is 14.7 Å². The van der Waals surface area contributed by atoms with E-state index < -0.39 is 11.8 Å². The number of anilines is 1. The Morgan fingerprint density at radius 3 is 2.70 bits per heavy atom. The number of hydrogen-bond acceptors (Lipinski definition) is 3. The lowest BCUT2D eigenvalue weighted by Gasteiger charge is -2.35. The van der Waals surface area contributed by atoms with Crippen LogP contribution in [0.4, 0.5) is 5.69 Å². The number of hydrogen-bond donors (Lipinski definition) is 2. The zero-order valence-corrected chi connectivity index (χ0v) is 11.4. The second kappa shape index (κ2) is 7.05. The Labute approximate surface area is 118 Å². The number of para-hydroxylation sites is 1. The van der Waals surface area contributed by atoms with E-state index in [0.717, 1.165) is 19.3 Å². The highest BCUT2D eigenvalue weighted by Crippen LogP contribution is 2.20. The fourth-order valence-corrected chi connectivity index (χ4v) is 2.55. The Bertz CT molecular complexity index is 459. The van der Waals surface area contributed by atoms with Crippen molar-refractivity contribution in [3.63, 3.8) is 0 Å². The average molecular weight is 276 g/mol. The van der Waals surface area contributed by atoms with Crippen LogP contribution < -0.4 is 5.32 Å². The fourth-order valence-electron chi connectivity index (χ4n) is 2.55. The highest BCUT2D eigenvalue weighted by molar-refractivity contribution is 6.39. The second-order valence-electron chi connectivity index (χ2n) is 4.98. The predicted octanol–water partition coefficient (Wildman–Crippen LogP) is 1.39. The van der Waals surface area contributed by atoms with Crippen molar-refractivity contribution in [1.29, 1.82) is 0 Å². The first-order valence-electron chi connectivity index (χ1n) is 7.00. The topological polar surface area (TPSA) is 69.6 Å². The number of amides is 2. The Morgan fingerprint density at radius 1 is 1.25 bits per heavy atom. The van der Waals surface area contributed by atoms with Crippen LogP contribution in [0, 0.1) is 0 Å². The summed E-state index contributed by atoms with van der Waals surface area (Å²) in [6, 6.07) is 8.91. The summed E-state index contributed by atoms with van der Waals surface area (Å²) in [6.07, 6.45) is 3.33. The van der Waals surface area contributed by atoms with Crippen LogP contribution in [0.15, 0.2) is 30.3 Å². The van der Waals surface area contributed by atoms with E-state index in [4.69, 9.17) is 5.11 Å². The SMILES string of the molecule is O=C(Nc1ccccc1)C(=O)N1CCCCC1CCO. The zero-order chi connectivity index (χ0) is 14.4. The van der Waals surface area contributed by atoms with Gasteiger partial charge in [0.05, 0.1) is 0 Å². The lowest BCUT2D eigenvalue weighted by Crippen LogP contribution is -2.48. The van der Waals surface area contributed by atoms with E-state index in [1.54, 1.807) is 29.2 Å². The lowest BCUT2D eigenvalue weighted by atomic mass is 9.99. The van der Waals surface area contributed by atoms with Crippen molar-refractivity contribution in [2.45, 2.75) is 31.7 Å². The molecule has 1 atom stereocenters. The van der Waals surface area contributed by atoms with E-state index in [1.165, 1.54) is 0 Å². The fraction of sp³-hybridized carbons (Fsp3) is 0.467. The summed E-state index contributed by atoms with van der Waals surface area (Å²) in [5.74, 6) is -1.12. The molecule has 0 saturated carbocycles. The van der Waals surface area contributed by atoms with Gasteiger partial charge in [-0.1, -0.05) is 18.2 Å². The number of rotatable bonds is 3. The molecule has 1 aromatic carbocycles. The number of likely N-dealkylation sites (tertiary alicyclic amines) is 1. The molecule has 5 nitrogen and oxygen atoms in total. The van der Waals surface area contributed by atoms with Gasteiger partial charge in [-0.25, -0.2) is 0 Å². The van der Waals surface area contributed by atoms with Gasteiger partial charge in [0.2, 0.25) is 0 Å². The summed E-state index contributed by atoms with van der Waals surface area (Å²) < 4.78 is 0. The van der Waals surface area contributed by atoms with Gasteiger partial charge in [0.15, 0.2) is 0 Å². The molecule has 1 aromatic rings. The zero-order valence-electron chi connectivity index (χ0n) is 11.4. The first-order valence-corrected chi connectivity index (χ1v) is 7.00. The molecule has 2 N–H and O–H groups in total. The molecule has 5 heteroatoms. The van der Waals surface area contributed by atoms with Gasteiger partial charge in [-0.15, -0.1) is 0 Å². The summed E-state index contributed by atoms with van der Waals surface area (Å²) in [4.78, 5) is 25.8. The molecule has 1 aliphatic rings. The number of benzene rings is 1. The van der Waals surface area contributed by atoms with Crippen molar-refractivity contribution in [3.8, 4) is 0 Å². The molecule has 2 rings (SSSR count). The maximum atomic E-state index is 12.2. The minimum Gasteiger partial charge on any atom is -0.396 e. The molecule has 108 valence electrons. The smallest absolute Gasteiger partial charge is 0.313 e. The van der Waals surface area contributed by atoms with Gasteiger partial charge in [-0.3, -0.25) is 9.59 Å². The lowest BCUT2D eigenvalue weighted by molar-refractivity contribution is -0.146. The van der Waals surface area contributed by atoms with E-state index in [-0.39, 0.29) is 12.6 Å². The Balaban J connectivity index is 1.99. The summed E-state index contributed by atoms with van der Waals surface area (Å²) in [6.45, 7) is 0.625. The van der Waals surface area contributed by atoms with Crippen LogP contribution in [0.2, 0.25) is 0 Å². The van der Waals surface area contributed by atoms with Gasteiger partial charge in [0, 0.05) is 24.9 Å². The van der Waals surface area contributed by atoms with Gasteiger partial charge >= 0.3 is 11.8 Å². The summed E-state index contributed by atoms with van der Waals surface area (Å²) in [5.41, 5.74) is 0.613. The number of piperidine rings is 1. The maximum absolute atomic E-state index is 12.2. The normalized spacial score (nSPS) is 18.6. The summed E-state index contributed by atoms with van der Waals surface area (Å²) >= 11 is 0. The van der Waals surface area contributed by atoms with E-state index in [0.29, 0.717) is 18.7 Å². The summed E-state index contributed by atoms with van der Waals surface area (Å²) in [7, 11) is 0. The third kappa shape index (κ3) is 3.57. The third-order valence-corrected chi connectivity index (χ3v) is 3.58. The molecule has 1 saturated heterocycles. The molecule has 2 amide bonds. The van der Waals surface area contributed by atoms with Gasteiger partial charge < -0.3 is 15.3 Å². The van der Waals surface area contributed by atoms with Crippen molar-refractivity contribution in [1.82, 2.24) is 4.90 Å². The van der Waals surface area contributed by atoms with Crippen molar-refractivity contribution in [2.24, 2.45) is 0 Å². The van der Waals surface area contributed by atoms with Crippen molar-refractivity contribution in [3.05, 3.63) is 30.3 Å².